The molecule has 0 bridgehead atoms. The summed E-state index contributed by atoms with van der Waals surface area (Å²) in [7, 11) is 2.10. The molecule has 0 N–H and O–H groups in total. The lowest BCUT2D eigenvalue weighted by atomic mass is 10.1. The van der Waals surface area contributed by atoms with Gasteiger partial charge in [0.25, 0.3) is 0 Å². The summed E-state index contributed by atoms with van der Waals surface area (Å²) in [6.45, 7) is 13.7. The molecule has 1 heterocycles. The first-order chi connectivity index (χ1) is 10.7. The Morgan fingerprint density at radius 1 is 1.23 bits per heavy atom. The summed E-state index contributed by atoms with van der Waals surface area (Å²) in [6, 6.07) is 6.13. The molecule has 1 aromatic carbocycles. The van der Waals surface area contributed by atoms with Crippen LogP contribution < -0.4 is 9.47 Å². The quantitative estimate of drug-likeness (QED) is 0.704. The van der Waals surface area contributed by atoms with Crippen molar-refractivity contribution in [1.82, 2.24) is 4.90 Å². The summed E-state index contributed by atoms with van der Waals surface area (Å²) in [5, 5.41) is 0. The summed E-state index contributed by atoms with van der Waals surface area (Å²) in [6.07, 6.45) is 6.64. The number of hydrogen-bond donors (Lipinski definition) is 0. The van der Waals surface area contributed by atoms with Crippen LogP contribution in [0, 0.1) is 0 Å². The van der Waals surface area contributed by atoms with Crippen molar-refractivity contribution >= 4 is 0 Å². The van der Waals surface area contributed by atoms with Crippen molar-refractivity contribution in [3.05, 3.63) is 60.7 Å². The lowest BCUT2D eigenvalue weighted by molar-refractivity contribution is 0.174. The third kappa shape index (κ3) is 5.41. The van der Waals surface area contributed by atoms with E-state index in [1.807, 2.05) is 32.1 Å². The lowest BCUT2D eigenvalue weighted by Gasteiger charge is -2.17. The molecule has 0 spiro atoms. The fraction of sp³-hybridized carbons (Fsp3) is 0.368. The Balaban J connectivity index is 0.00000116. The fourth-order valence-corrected chi connectivity index (χ4v) is 2.14. The number of fused-ring (bicyclic) bond motifs is 1. The Kier molecular flexibility index (Phi) is 8.08. The molecule has 0 aliphatic carbocycles. The van der Waals surface area contributed by atoms with Crippen LogP contribution in [-0.2, 0) is 6.42 Å². The number of allylic oxidation sites excluding steroid dienone is 2. The van der Waals surface area contributed by atoms with Crippen LogP contribution in [0.3, 0.4) is 0 Å². The highest BCUT2D eigenvalue weighted by Gasteiger charge is 2.13. The van der Waals surface area contributed by atoms with Crippen LogP contribution in [0.15, 0.2) is 55.2 Å². The van der Waals surface area contributed by atoms with Gasteiger partial charge in [-0.1, -0.05) is 51.3 Å². The van der Waals surface area contributed by atoms with Gasteiger partial charge in [0.15, 0.2) is 11.5 Å². The Morgan fingerprint density at radius 3 is 2.64 bits per heavy atom. The van der Waals surface area contributed by atoms with Crippen LogP contribution in [0.25, 0.3) is 0 Å². The zero-order valence-electron chi connectivity index (χ0n) is 14.0. The molecule has 22 heavy (non-hydrogen) atoms. The molecule has 1 aromatic rings. The summed E-state index contributed by atoms with van der Waals surface area (Å²) in [4.78, 5) is 2.27. The second-order valence-electron chi connectivity index (χ2n) is 4.86. The molecular formula is C19H27NO2. The van der Waals surface area contributed by atoms with Gasteiger partial charge in [0.05, 0.1) is 0 Å². The Labute approximate surface area is 134 Å². The predicted molar refractivity (Wildman–Crippen MR) is 93.6 cm³/mol. The minimum absolute atomic E-state index is 0.327. The maximum atomic E-state index is 5.39. The average molecular weight is 301 g/mol. The van der Waals surface area contributed by atoms with Gasteiger partial charge in [-0.25, -0.2) is 0 Å². The molecule has 0 atom stereocenters. The molecule has 1 aliphatic heterocycles. The number of rotatable bonds is 7. The smallest absolute Gasteiger partial charge is 0.231 e. The Hall–Kier alpha value is -2.00. The zero-order valence-corrected chi connectivity index (χ0v) is 14.0. The predicted octanol–water partition coefficient (Wildman–Crippen LogP) is 4.21. The van der Waals surface area contributed by atoms with E-state index in [4.69, 9.17) is 9.47 Å². The largest absolute Gasteiger partial charge is 0.454 e. The zero-order chi connectivity index (χ0) is 16.4. The highest BCUT2D eigenvalue weighted by Crippen LogP contribution is 2.32. The first-order valence-electron chi connectivity index (χ1n) is 7.74. The molecular weight excluding hydrogens is 274 g/mol. The summed E-state index contributed by atoms with van der Waals surface area (Å²) in [5.41, 5.74) is 2.43. The van der Waals surface area contributed by atoms with Gasteiger partial charge in [0, 0.05) is 13.1 Å². The first-order valence-corrected chi connectivity index (χ1v) is 7.74. The molecule has 3 nitrogen and oxygen atoms in total. The number of benzene rings is 1. The molecule has 120 valence electrons. The summed E-state index contributed by atoms with van der Waals surface area (Å²) < 4.78 is 10.7. The molecule has 0 saturated heterocycles. The Morgan fingerprint density at radius 2 is 1.95 bits per heavy atom. The number of likely N-dealkylation sites (N-methyl/N-ethyl adjacent to an activating group) is 1. The van der Waals surface area contributed by atoms with Crippen LogP contribution in [-0.4, -0.2) is 31.8 Å². The van der Waals surface area contributed by atoms with E-state index in [2.05, 4.69) is 37.2 Å². The van der Waals surface area contributed by atoms with Crippen molar-refractivity contribution in [2.24, 2.45) is 0 Å². The third-order valence-electron chi connectivity index (χ3n) is 3.27. The van der Waals surface area contributed by atoms with Crippen LogP contribution in [0.1, 0.15) is 19.4 Å². The monoisotopic (exact) mass is 301 g/mol. The molecule has 0 amide bonds. The average Bonchev–Trinajstić information content (AvgIpc) is 3.02. The maximum absolute atomic E-state index is 5.39. The van der Waals surface area contributed by atoms with Gasteiger partial charge in [0.2, 0.25) is 6.79 Å². The molecule has 0 radical (unpaired) electrons. The van der Waals surface area contributed by atoms with E-state index < -0.39 is 0 Å². The van der Waals surface area contributed by atoms with Crippen LogP contribution in [0.4, 0.5) is 0 Å². The second kappa shape index (κ2) is 9.85. The molecule has 3 heteroatoms. The van der Waals surface area contributed by atoms with Crippen LogP contribution in [0.2, 0.25) is 0 Å². The van der Waals surface area contributed by atoms with E-state index in [1.165, 1.54) is 11.1 Å². The minimum Gasteiger partial charge on any atom is -0.454 e. The summed E-state index contributed by atoms with van der Waals surface area (Å²) in [5.74, 6) is 1.69. The van der Waals surface area contributed by atoms with Gasteiger partial charge in [-0.15, -0.1) is 0 Å². The SMILES string of the molecule is C=C/C=C(\C=C)CN(C)CCc1ccc2c(c1)OCO2.CC. The van der Waals surface area contributed by atoms with Gasteiger partial charge < -0.3 is 14.4 Å². The third-order valence-corrected chi connectivity index (χ3v) is 3.27. The van der Waals surface area contributed by atoms with E-state index in [0.717, 1.165) is 31.0 Å². The standard InChI is InChI=1S/C17H21NO2.C2H6/c1-4-6-14(5-2)12-18(3)10-9-15-7-8-16-17(11-15)20-13-19-16;1-2/h4-8,11H,1-2,9-10,12-13H2,3H3;1-2H3/b14-6+;. The Bertz CT molecular complexity index is 520. The van der Waals surface area contributed by atoms with E-state index in [9.17, 15) is 0 Å². The topological polar surface area (TPSA) is 21.7 Å². The highest BCUT2D eigenvalue weighted by molar-refractivity contribution is 5.44. The molecule has 1 aliphatic rings. The highest BCUT2D eigenvalue weighted by atomic mass is 16.7. The molecule has 0 aromatic heterocycles. The molecule has 0 fully saturated rings. The van der Waals surface area contributed by atoms with Crippen molar-refractivity contribution in [2.75, 3.05) is 26.9 Å². The maximum Gasteiger partial charge on any atom is 0.231 e. The second-order valence-corrected chi connectivity index (χ2v) is 4.86. The van der Waals surface area contributed by atoms with E-state index in [-0.39, 0.29) is 0 Å². The molecule has 0 saturated carbocycles. The lowest BCUT2D eigenvalue weighted by Crippen LogP contribution is -2.23. The summed E-state index contributed by atoms with van der Waals surface area (Å²) >= 11 is 0. The van der Waals surface area contributed by atoms with E-state index >= 15 is 0 Å². The van der Waals surface area contributed by atoms with Gasteiger partial charge in [0.1, 0.15) is 0 Å². The van der Waals surface area contributed by atoms with Gasteiger partial charge >= 0.3 is 0 Å². The number of nitrogens with zero attached hydrogens (tertiary/aromatic N) is 1. The van der Waals surface area contributed by atoms with Gasteiger partial charge in [-0.2, -0.15) is 0 Å². The first kappa shape index (κ1) is 18.1. The van der Waals surface area contributed by atoms with E-state index in [0.29, 0.717) is 6.79 Å². The van der Waals surface area contributed by atoms with Crippen molar-refractivity contribution < 1.29 is 9.47 Å². The minimum atomic E-state index is 0.327. The normalized spacial score (nSPS) is 12.6. The van der Waals surface area contributed by atoms with Gasteiger partial charge in [-0.05, 0) is 36.7 Å². The van der Waals surface area contributed by atoms with Crippen molar-refractivity contribution in [2.45, 2.75) is 20.3 Å². The van der Waals surface area contributed by atoms with Crippen molar-refractivity contribution in [1.29, 1.82) is 0 Å². The fourth-order valence-electron chi connectivity index (χ4n) is 2.14. The van der Waals surface area contributed by atoms with Crippen LogP contribution in [0.5, 0.6) is 11.5 Å². The molecule has 2 rings (SSSR count). The van der Waals surface area contributed by atoms with Crippen LogP contribution >= 0.6 is 0 Å². The van der Waals surface area contributed by atoms with Crippen molar-refractivity contribution in [3.63, 3.8) is 0 Å². The van der Waals surface area contributed by atoms with Crippen molar-refractivity contribution in [3.8, 4) is 11.5 Å². The molecule has 0 unspecified atom stereocenters. The number of ether oxygens (including phenoxy) is 2. The van der Waals surface area contributed by atoms with E-state index in [1.54, 1.807) is 6.08 Å². The van der Waals surface area contributed by atoms with Gasteiger partial charge in [-0.3, -0.25) is 0 Å². The number of hydrogen-bond acceptors (Lipinski definition) is 3.